The summed E-state index contributed by atoms with van der Waals surface area (Å²) in [5, 5.41) is 45.7. The summed E-state index contributed by atoms with van der Waals surface area (Å²) < 4.78 is 0. The SMILES string of the molecule is CSC1=C2NC(=O)\C=C/C=C\C=C/[C@H](C)[C@@H](O)CC(=O)/C(C)=C\C[C@H](O)/C=C\[C@H](C)[C@H](O)[C@@H](C)/C=C(/C)C(=O)c3c(O)c(C)cc(c3C1=O)C2=O. The van der Waals surface area contributed by atoms with Crippen molar-refractivity contribution in [2.75, 3.05) is 6.26 Å². The van der Waals surface area contributed by atoms with E-state index in [4.69, 9.17) is 0 Å². The Kier molecular flexibility index (Phi) is 14.6. The number of amides is 1. The highest BCUT2D eigenvalue weighted by molar-refractivity contribution is 8.03. The molecule has 1 aromatic carbocycles. The maximum absolute atomic E-state index is 13.9. The number of hydrogen-bond donors (Lipinski definition) is 5. The molecule has 0 spiro atoms. The first-order chi connectivity index (χ1) is 24.0. The maximum Gasteiger partial charge on any atom is 0.248 e. The molecule has 0 radical (unpaired) electrons. The van der Waals surface area contributed by atoms with E-state index in [0.717, 1.165) is 11.8 Å². The van der Waals surface area contributed by atoms with E-state index < -0.39 is 59.2 Å². The number of phenolic OH excluding ortho intramolecular Hbond substituents is 1. The zero-order valence-electron chi connectivity index (χ0n) is 30.0. The minimum absolute atomic E-state index is 0.0985. The Labute approximate surface area is 303 Å². The number of carbonyl (C=O) groups excluding carboxylic acids is 5. The molecule has 5 N–H and O–H groups in total. The van der Waals surface area contributed by atoms with Gasteiger partial charge < -0.3 is 25.7 Å². The van der Waals surface area contributed by atoms with Crippen LogP contribution < -0.4 is 5.32 Å². The highest BCUT2D eigenvalue weighted by Crippen LogP contribution is 2.39. The van der Waals surface area contributed by atoms with Gasteiger partial charge in [-0.25, -0.2) is 0 Å². The van der Waals surface area contributed by atoms with Crippen LogP contribution in [0.2, 0.25) is 0 Å². The fourth-order valence-corrected chi connectivity index (χ4v) is 6.34. The molecular formula is C40H47NO9S. The van der Waals surface area contributed by atoms with Crippen LogP contribution in [0.1, 0.15) is 84.1 Å². The van der Waals surface area contributed by atoms with Gasteiger partial charge in [0.15, 0.2) is 11.6 Å². The number of hydrogen-bond acceptors (Lipinski definition) is 10. The van der Waals surface area contributed by atoms with Crippen LogP contribution in [-0.4, -0.2) is 74.0 Å². The summed E-state index contributed by atoms with van der Waals surface area (Å²) in [5.41, 5.74) is -0.271. The van der Waals surface area contributed by atoms with Crippen LogP contribution in [0.25, 0.3) is 0 Å². The number of aryl methyl sites for hydroxylation is 1. The van der Waals surface area contributed by atoms with Crippen LogP contribution in [-0.2, 0) is 9.59 Å². The number of rotatable bonds is 1. The first-order valence-electron chi connectivity index (χ1n) is 16.7. The first-order valence-corrected chi connectivity index (χ1v) is 17.9. The van der Waals surface area contributed by atoms with Crippen molar-refractivity contribution < 1.29 is 44.4 Å². The first kappa shape index (κ1) is 41.0. The lowest BCUT2D eigenvalue weighted by atomic mass is 9.83. The van der Waals surface area contributed by atoms with Crippen LogP contribution in [0.4, 0.5) is 0 Å². The van der Waals surface area contributed by atoms with Gasteiger partial charge in [0.25, 0.3) is 0 Å². The normalized spacial score (nSPS) is 31.0. The van der Waals surface area contributed by atoms with Crippen molar-refractivity contribution >= 4 is 40.8 Å². The molecule has 2 heterocycles. The van der Waals surface area contributed by atoms with Gasteiger partial charge in [-0.1, -0.05) is 75.5 Å². The molecule has 0 aromatic heterocycles. The lowest BCUT2D eigenvalue weighted by Gasteiger charge is -2.24. The number of Topliss-reactive ketones (excluding diaryl/α,β-unsaturated/α-hetero) is 4. The second kappa shape index (κ2) is 18.2. The van der Waals surface area contributed by atoms with Gasteiger partial charge >= 0.3 is 0 Å². The summed E-state index contributed by atoms with van der Waals surface area (Å²) in [6.07, 6.45) is 14.1. The Morgan fingerprint density at radius 3 is 2.10 bits per heavy atom. The summed E-state index contributed by atoms with van der Waals surface area (Å²) in [4.78, 5) is 67.0. The molecule has 10 nitrogen and oxygen atoms in total. The van der Waals surface area contributed by atoms with Gasteiger partial charge in [0, 0.05) is 41.4 Å². The average molecular weight is 718 g/mol. The van der Waals surface area contributed by atoms with E-state index in [1.165, 1.54) is 44.2 Å². The molecule has 1 aromatic rings. The number of aliphatic hydroxyl groups excluding tert-OH is 3. The molecule has 6 atom stereocenters. The third-order valence-corrected chi connectivity index (χ3v) is 9.79. The highest BCUT2D eigenvalue weighted by Gasteiger charge is 2.38. The Morgan fingerprint density at radius 2 is 1.43 bits per heavy atom. The zero-order chi connectivity index (χ0) is 38.2. The number of nitrogens with one attached hydrogen (secondary N) is 1. The topological polar surface area (TPSA) is 178 Å². The molecule has 2 aliphatic heterocycles. The van der Waals surface area contributed by atoms with Crippen molar-refractivity contribution in [2.24, 2.45) is 17.8 Å². The third kappa shape index (κ3) is 10.1. The second-order valence-corrected chi connectivity index (χ2v) is 13.9. The molecule has 0 fully saturated rings. The van der Waals surface area contributed by atoms with E-state index in [0.29, 0.717) is 5.57 Å². The Hall–Kier alpha value is -4.42. The second-order valence-electron chi connectivity index (χ2n) is 13.0. The number of carbonyl (C=O) groups is 5. The number of fused-ring (bicyclic) bond motifs is 18. The van der Waals surface area contributed by atoms with E-state index in [1.54, 1.807) is 70.4 Å². The number of aliphatic hydroxyl groups is 3. The van der Waals surface area contributed by atoms with E-state index >= 15 is 0 Å². The molecule has 0 saturated heterocycles. The zero-order valence-corrected chi connectivity index (χ0v) is 30.8. The predicted molar refractivity (Wildman–Crippen MR) is 198 cm³/mol. The van der Waals surface area contributed by atoms with E-state index in [1.807, 2.05) is 0 Å². The van der Waals surface area contributed by atoms with Gasteiger partial charge in [-0.05, 0) is 56.2 Å². The lowest BCUT2D eigenvalue weighted by Crippen LogP contribution is -2.33. The van der Waals surface area contributed by atoms with Gasteiger partial charge in [-0.3, -0.25) is 24.0 Å². The van der Waals surface area contributed by atoms with Crippen LogP contribution in [0.5, 0.6) is 5.75 Å². The molecule has 0 unspecified atom stereocenters. The molecule has 51 heavy (non-hydrogen) atoms. The molecule has 4 rings (SSSR count). The summed E-state index contributed by atoms with van der Waals surface area (Å²) in [5.74, 6) is -4.91. The number of phenols is 1. The van der Waals surface area contributed by atoms with Crippen molar-refractivity contribution in [2.45, 2.75) is 72.7 Å². The minimum Gasteiger partial charge on any atom is -0.507 e. The number of aromatic hydroxyl groups is 1. The molecule has 1 amide bonds. The lowest BCUT2D eigenvalue weighted by molar-refractivity contribution is -0.118. The van der Waals surface area contributed by atoms with Crippen molar-refractivity contribution in [3.8, 4) is 5.75 Å². The van der Waals surface area contributed by atoms with Gasteiger partial charge in [-0.2, -0.15) is 0 Å². The Morgan fingerprint density at radius 1 is 0.765 bits per heavy atom. The molecule has 272 valence electrons. The molecule has 3 aliphatic rings. The summed E-state index contributed by atoms with van der Waals surface area (Å²) in [7, 11) is 0. The summed E-state index contributed by atoms with van der Waals surface area (Å²) in [6, 6.07) is 1.32. The molecule has 4 bridgehead atoms. The van der Waals surface area contributed by atoms with Crippen molar-refractivity contribution in [1.29, 1.82) is 0 Å². The Balaban J connectivity index is 2.08. The highest BCUT2D eigenvalue weighted by atomic mass is 32.2. The van der Waals surface area contributed by atoms with E-state index in [9.17, 15) is 44.4 Å². The average Bonchev–Trinajstić information content (AvgIpc) is 3.09. The summed E-state index contributed by atoms with van der Waals surface area (Å²) in [6.45, 7) is 9.80. The van der Waals surface area contributed by atoms with Crippen molar-refractivity contribution in [1.82, 2.24) is 5.32 Å². The Bertz CT molecular complexity index is 1790. The standard InChI is InChI=1S/C40H47NO9S/c1-21-12-10-8-9-11-13-31(45)41-34-38(49)28-19-26(6)37(48)33(32(28)39(50)40(34)51-7)36(47)25(5)18-24(4)35(46)23(3)15-17-27(42)16-14-22(2)30(44)20-29(21)43/h8-15,17-19,21,23-24,27,29,35,42-43,46,48H,16,20H2,1-7H3,(H,41,45)/b9-8-,12-10-,13-11-,17-15-,22-14-,25-18-/t21-,23-,24-,27-,29-,35-/m0/s1. The van der Waals surface area contributed by atoms with E-state index in [-0.39, 0.29) is 63.0 Å². The monoisotopic (exact) mass is 717 g/mol. The van der Waals surface area contributed by atoms with Gasteiger partial charge in [0.1, 0.15) is 11.4 Å². The van der Waals surface area contributed by atoms with Gasteiger partial charge in [-0.15, -0.1) is 11.8 Å². The largest absolute Gasteiger partial charge is 0.507 e. The maximum atomic E-state index is 13.9. The summed E-state index contributed by atoms with van der Waals surface area (Å²) >= 11 is 0.921. The minimum atomic E-state index is -0.992. The fraction of sp³-hybridized carbons (Fsp3) is 0.375. The van der Waals surface area contributed by atoms with E-state index in [2.05, 4.69) is 5.32 Å². The molecular weight excluding hydrogens is 671 g/mol. The molecule has 11 heteroatoms. The number of allylic oxidation sites excluding steroid dienone is 8. The van der Waals surface area contributed by atoms with Gasteiger partial charge in [0.2, 0.25) is 17.5 Å². The van der Waals surface area contributed by atoms with Gasteiger partial charge in [0.05, 0.1) is 28.8 Å². The predicted octanol–water partition coefficient (Wildman–Crippen LogP) is 5.42. The van der Waals surface area contributed by atoms with Crippen LogP contribution >= 0.6 is 11.8 Å². The number of benzene rings is 1. The fourth-order valence-electron chi connectivity index (χ4n) is 5.71. The van der Waals surface area contributed by atoms with Crippen molar-refractivity contribution in [3.05, 3.63) is 111 Å². The van der Waals surface area contributed by atoms with Crippen LogP contribution in [0.3, 0.4) is 0 Å². The molecule has 0 saturated carbocycles. The number of ketones is 4. The van der Waals surface area contributed by atoms with Crippen LogP contribution in [0, 0.1) is 24.7 Å². The number of thioether (sulfide) groups is 1. The molecule has 1 aliphatic carbocycles. The van der Waals surface area contributed by atoms with Crippen LogP contribution in [0.15, 0.2) is 88.6 Å². The van der Waals surface area contributed by atoms with Crippen molar-refractivity contribution in [3.63, 3.8) is 0 Å². The quantitative estimate of drug-likeness (QED) is 0.236. The smallest absolute Gasteiger partial charge is 0.248 e. The third-order valence-electron chi connectivity index (χ3n) is 8.99.